The number of rotatable bonds is 6. The van der Waals surface area contributed by atoms with Gasteiger partial charge in [-0.25, -0.2) is 8.78 Å². The van der Waals surface area contributed by atoms with Crippen LogP contribution in [0.25, 0.3) is 11.3 Å². The van der Waals surface area contributed by atoms with Gasteiger partial charge in [0.2, 0.25) is 0 Å². The Morgan fingerprint density at radius 1 is 1.06 bits per heavy atom. The van der Waals surface area contributed by atoms with E-state index in [1.807, 2.05) is 0 Å². The van der Waals surface area contributed by atoms with Gasteiger partial charge in [-0.1, -0.05) is 18.2 Å². The molecule has 0 N–H and O–H groups in total. The first-order valence-corrected chi connectivity index (χ1v) is 10.5. The van der Waals surface area contributed by atoms with E-state index >= 15 is 0 Å². The zero-order valence-electron chi connectivity index (χ0n) is 18.7. The molecule has 0 radical (unpaired) electrons. The van der Waals surface area contributed by atoms with Crippen LogP contribution in [0.4, 0.5) is 22.0 Å². The van der Waals surface area contributed by atoms with Crippen molar-refractivity contribution in [2.45, 2.75) is 19.3 Å². The molecule has 36 heavy (non-hydrogen) atoms. The minimum Gasteiger partial charge on any atom is -0.497 e. The molecule has 0 bridgehead atoms. The van der Waals surface area contributed by atoms with Gasteiger partial charge in [-0.05, 0) is 29.8 Å². The van der Waals surface area contributed by atoms with Crippen molar-refractivity contribution >= 4 is 0 Å². The molecular weight excluding hydrogens is 483 g/mol. The van der Waals surface area contributed by atoms with E-state index in [0.717, 1.165) is 22.3 Å². The van der Waals surface area contributed by atoms with Crippen LogP contribution in [0.5, 0.6) is 5.75 Å². The number of nitriles is 1. The lowest BCUT2D eigenvalue weighted by Gasteiger charge is -2.17. The molecule has 2 aromatic heterocycles. The Bertz CT molecular complexity index is 1520. The maximum atomic E-state index is 14.3. The van der Waals surface area contributed by atoms with Crippen molar-refractivity contribution < 1.29 is 26.7 Å². The Morgan fingerprint density at radius 3 is 2.39 bits per heavy atom. The van der Waals surface area contributed by atoms with Gasteiger partial charge in [-0.3, -0.25) is 9.48 Å². The van der Waals surface area contributed by atoms with Crippen molar-refractivity contribution in [1.82, 2.24) is 14.3 Å². The summed E-state index contributed by atoms with van der Waals surface area (Å²) >= 11 is 0. The first-order valence-electron chi connectivity index (χ1n) is 10.5. The summed E-state index contributed by atoms with van der Waals surface area (Å²) in [6, 6.07) is 11.7. The van der Waals surface area contributed by atoms with Gasteiger partial charge in [0.25, 0.3) is 5.56 Å². The summed E-state index contributed by atoms with van der Waals surface area (Å²) < 4.78 is 76.2. The van der Waals surface area contributed by atoms with Gasteiger partial charge in [0, 0.05) is 23.4 Å². The number of nitrogens with zero attached hydrogens (tertiary/aromatic N) is 4. The van der Waals surface area contributed by atoms with Crippen molar-refractivity contribution in [3.8, 4) is 23.1 Å². The number of benzene rings is 2. The Balaban J connectivity index is 1.82. The highest BCUT2D eigenvalue weighted by Crippen LogP contribution is 2.34. The van der Waals surface area contributed by atoms with E-state index in [1.54, 1.807) is 24.3 Å². The SMILES string of the molecule is COc1ccc(Cn2cc(-c3cc(C(F)(F)F)c(C#N)c(=O)n3Cc3ccc(F)cc3F)cn2)cc1. The quantitative estimate of drug-likeness (QED) is 0.350. The highest BCUT2D eigenvalue weighted by Gasteiger charge is 2.36. The first-order chi connectivity index (χ1) is 17.1. The minimum absolute atomic E-state index is 0.137. The molecule has 0 fully saturated rings. The van der Waals surface area contributed by atoms with Crippen molar-refractivity contribution in [3.05, 3.63) is 105 Å². The maximum Gasteiger partial charge on any atom is 0.417 e. The van der Waals surface area contributed by atoms with Crippen molar-refractivity contribution in [2.75, 3.05) is 7.11 Å². The van der Waals surface area contributed by atoms with Crippen LogP contribution in [0.15, 0.2) is 65.7 Å². The molecule has 2 aromatic carbocycles. The molecule has 0 amide bonds. The number of aromatic nitrogens is 3. The third-order valence-electron chi connectivity index (χ3n) is 5.49. The van der Waals surface area contributed by atoms with Crippen LogP contribution in [0, 0.1) is 23.0 Å². The van der Waals surface area contributed by atoms with Crippen LogP contribution >= 0.6 is 0 Å². The van der Waals surface area contributed by atoms with Crippen LogP contribution in [0.3, 0.4) is 0 Å². The number of methoxy groups -OCH3 is 1. The summed E-state index contributed by atoms with van der Waals surface area (Å²) in [5.74, 6) is -1.19. The van der Waals surface area contributed by atoms with E-state index in [0.29, 0.717) is 17.9 Å². The smallest absolute Gasteiger partial charge is 0.417 e. The normalized spacial score (nSPS) is 11.4. The molecule has 4 rings (SSSR count). The third kappa shape index (κ3) is 4.98. The fraction of sp³-hybridized carbons (Fsp3) is 0.160. The lowest BCUT2D eigenvalue weighted by Crippen LogP contribution is -2.29. The Morgan fingerprint density at radius 2 is 1.78 bits per heavy atom. The average molecular weight is 500 g/mol. The fourth-order valence-corrected chi connectivity index (χ4v) is 3.69. The van der Waals surface area contributed by atoms with Gasteiger partial charge < -0.3 is 9.30 Å². The zero-order valence-corrected chi connectivity index (χ0v) is 18.7. The van der Waals surface area contributed by atoms with E-state index in [9.17, 15) is 32.0 Å². The second-order valence-corrected chi connectivity index (χ2v) is 7.83. The number of ether oxygens (including phenoxy) is 1. The second-order valence-electron chi connectivity index (χ2n) is 7.83. The summed E-state index contributed by atoms with van der Waals surface area (Å²) in [4.78, 5) is 13.0. The van der Waals surface area contributed by atoms with Gasteiger partial charge in [-0.2, -0.15) is 23.5 Å². The number of hydrogen-bond acceptors (Lipinski definition) is 4. The van der Waals surface area contributed by atoms with Crippen molar-refractivity contribution in [2.24, 2.45) is 0 Å². The monoisotopic (exact) mass is 500 g/mol. The van der Waals surface area contributed by atoms with Crippen LogP contribution in [0.1, 0.15) is 22.3 Å². The lowest BCUT2D eigenvalue weighted by molar-refractivity contribution is -0.137. The molecule has 0 aliphatic rings. The van der Waals surface area contributed by atoms with Crippen LogP contribution in [-0.4, -0.2) is 21.5 Å². The van der Waals surface area contributed by atoms with E-state index < -0.39 is 41.0 Å². The largest absolute Gasteiger partial charge is 0.497 e. The van der Waals surface area contributed by atoms with Gasteiger partial charge >= 0.3 is 6.18 Å². The molecule has 0 atom stereocenters. The molecule has 2 heterocycles. The van der Waals surface area contributed by atoms with Crippen LogP contribution in [-0.2, 0) is 19.3 Å². The van der Waals surface area contributed by atoms with Gasteiger partial charge in [0.15, 0.2) is 0 Å². The topological polar surface area (TPSA) is 72.8 Å². The molecule has 0 saturated heterocycles. The molecule has 0 aliphatic carbocycles. The molecule has 0 saturated carbocycles. The van der Waals surface area contributed by atoms with Crippen molar-refractivity contribution in [1.29, 1.82) is 5.26 Å². The fourth-order valence-electron chi connectivity index (χ4n) is 3.69. The standard InChI is InChI=1S/C25H17F5N4O2/c1-36-19-6-2-15(3-7-19)12-33-13-17(11-32-33)23-9-21(25(28,29)30)20(10-31)24(35)34(23)14-16-4-5-18(26)8-22(16)27/h2-9,11,13H,12,14H2,1H3. The summed E-state index contributed by atoms with van der Waals surface area (Å²) in [7, 11) is 1.53. The summed E-state index contributed by atoms with van der Waals surface area (Å²) in [6.45, 7) is -0.264. The molecule has 0 spiro atoms. The Kier molecular flexibility index (Phi) is 6.61. The summed E-state index contributed by atoms with van der Waals surface area (Å²) in [5.41, 5.74) is -3.20. The molecule has 0 aliphatic heterocycles. The van der Waals surface area contributed by atoms with E-state index in [2.05, 4.69) is 5.10 Å². The number of alkyl halides is 3. The van der Waals surface area contributed by atoms with E-state index in [4.69, 9.17) is 4.74 Å². The number of pyridine rings is 1. The molecular formula is C25H17F5N4O2. The molecule has 11 heteroatoms. The molecule has 4 aromatic rings. The van der Waals surface area contributed by atoms with E-state index in [1.165, 1.54) is 30.3 Å². The Labute approximate surface area is 201 Å². The van der Waals surface area contributed by atoms with Crippen molar-refractivity contribution in [3.63, 3.8) is 0 Å². The molecule has 184 valence electrons. The molecule has 6 nitrogen and oxygen atoms in total. The predicted octanol–water partition coefficient (Wildman–Crippen LogP) is 4.99. The summed E-state index contributed by atoms with van der Waals surface area (Å²) in [5, 5.41) is 13.5. The second kappa shape index (κ2) is 9.65. The van der Waals surface area contributed by atoms with Gasteiger partial charge in [0.05, 0.1) is 37.7 Å². The highest BCUT2D eigenvalue weighted by atomic mass is 19.4. The Hall–Kier alpha value is -4.46. The highest BCUT2D eigenvalue weighted by molar-refractivity contribution is 5.61. The molecule has 0 unspecified atom stereocenters. The van der Waals surface area contributed by atoms with Crippen LogP contribution in [0.2, 0.25) is 0 Å². The first kappa shape index (κ1) is 24.7. The van der Waals surface area contributed by atoms with E-state index in [-0.39, 0.29) is 23.4 Å². The zero-order chi connectivity index (χ0) is 26.0. The number of hydrogen-bond donors (Lipinski definition) is 0. The summed E-state index contributed by atoms with van der Waals surface area (Å²) in [6.07, 6.45) is -2.29. The number of halogens is 5. The van der Waals surface area contributed by atoms with Gasteiger partial charge in [0.1, 0.15) is 29.0 Å². The average Bonchev–Trinajstić information content (AvgIpc) is 3.29. The maximum absolute atomic E-state index is 14.3. The van der Waals surface area contributed by atoms with Crippen LogP contribution < -0.4 is 10.3 Å². The predicted molar refractivity (Wildman–Crippen MR) is 119 cm³/mol. The third-order valence-corrected chi connectivity index (χ3v) is 5.49. The van der Waals surface area contributed by atoms with Gasteiger partial charge in [-0.15, -0.1) is 0 Å². The lowest BCUT2D eigenvalue weighted by atomic mass is 10.1. The minimum atomic E-state index is -4.99.